The molecule has 2 aliphatic rings. The molecule has 1 aliphatic heterocycles. The highest BCUT2D eigenvalue weighted by Crippen LogP contribution is 2.27. The van der Waals surface area contributed by atoms with Crippen LogP contribution in [-0.4, -0.2) is 60.9 Å². The van der Waals surface area contributed by atoms with Crippen LogP contribution in [0.2, 0.25) is 0 Å². The molecule has 1 saturated carbocycles. The van der Waals surface area contributed by atoms with E-state index in [4.69, 9.17) is 5.73 Å². The smallest absolute Gasteiger partial charge is 0.323 e. The molecular weight excluding hydrogens is 480 g/mol. The van der Waals surface area contributed by atoms with Crippen molar-refractivity contribution in [3.8, 4) is 0 Å². The highest BCUT2D eigenvalue weighted by Gasteiger charge is 2.47. The number of carbonyl (C=O) groups excluding carboxylic acids is 2. The van der Waals surface area contributed by atoms with Crippen molar-refractivity contribution in [3.63, 3.8) is 0 Å². The van der Waals surface area contributed by atoms with Gasteiger partial charge in [-0.2, -0.15) is 4.31 Å². The van der Waals surface area contributed by atoms with Crippen LogP contribution >= 0.6 is 0 Å². The average molecular weight is 508 g/mol. The Morgan fingerprint density at radius 3 is 2.06 bits per heavy atom. The van der Waals surface area contributed by atoms with Crippen LogP contribution in [0.3, 0.4) is 0 Å². The second kappa shape index (κ2) is 10.3. The zero-order chi connectivity index (χ0) is 25.2. The second-order valence-electron chi connectivity index (χ2n) is 8.69. The summed E-state index contributed by atoms with van der Waals surface area (Å²) in [6.45, 7) is -0.189. The summed E-state index contributed by atoms with van der Waals surface area (Å²) in [5.41, 5.74) is 6.23. The van der Waals surface area contributed by atoms with Crippen molar-refractivity contribution in [2.75, 3.05) is 18.4 Å². The molecule has 0 spiro atoms. The van der Waals surface area contributed by atoms with E-state index in [1.54, 1.807) is 0 Å². The van der Waals surface area contributed by atoms with E-state index in [-0.39, 0.29) is 35.8 Å². The Morgan fingerprint density at radius 1 is 0.886 bits per heavy atom. The molecule has 1 saturated heterocycles. The number of benzene rings is 2. The highest BCUT2D eigenvalue weighted by molar-refractivity contribution is 7.89. The molecule has 35 heavy (non-hydrogen) atoms. The summed E-state index contributed by atoms with van der Waals surface area (Å²) < 4.78 is 54.3. The molecule has 4 N–H and O–H groups in total. The quantitative estimate of drug-likeness (QED) is 0.572. The Bertz CT molecular complexity index is 1170. The van der Waals surface area contributed by atoms with Crippen molar-refractivity contribution in [3.05, 3.63) is 60.2 Å². The van der Waals surface area contributed by atoms with E-state index in [1.165, 1.54) is 24.3 Å². The third kappa shape index (κ3) is 5.60. The summed E-state index contributed by atoms with van der Waals surface area (Å²) in [6, 6.07) is 8.47. The number of hydrogen-bond acceptors (Lipinski definition) is 5. The van der Waals surface area contributed by atoms with Crippen LogP contribution < -0.4 is 16.4 Å². The maximum Gasteiger partial charge on any atom is 0.323 e. The van der Waals surface area contributed by atoms with Crippen molar-refractivity contribution < 1.29 is 26.8 Å². The van der Waals surface area contributed by atoms with Crippen LogP contribution in [0.5, 0.6) is 0 Å². The zero-order valence-corrected chi connectivity index (χ0v) is 19.7. The second-order valence-corrected chi connectivity index (χ2v) is 10.6. The van der Waals surface area contributed by atoms with Gasteiger partial charge in [-0.25, -0.2) is 22.0 Å². The lowest BCUT2D eigenvalue weighted by molar-refractivity contribution is -0.128. The minimum absolute atomic E-state index is 0.0545. The van der Waals surface area contributed by atoms with E-state index in [0.717, 1.165) is 46.3 Å². The predicted molar refractivity (Wildman–Crippen MR) is 125 cm³/mol. The van der Waals surface area contributed by atoms with Crippen LogP contribution in [0, 0.1) is 11.6 Å². The van der Waals surface area contributed by atoms with Gasteiger partial charge in [-0.15, -0.1) is 0 Å². The Balaban J connectivity index is 1.60. The number of urea groups is 1. The third-order valence-electron chi connectivity index (χ3n) is 6.26. The summed E-state index contributed by atoms with van der Waals surface area (Å²) in [7, 11) is -4.23. The summed E-state index contributed by atoms with van der Waals surface area (Å²) in [6.07, 6.45) is 1.28. The summed E-state index contributed by atoms with van der Waals surface area (Å²) in [5.74, 6) is -1.72. The van der Waals surface area contributed by atoms with Gasteiger partial charge in [-0.1, -0.05) is 0 Å². The lowest BCUT2D eigenvalue weighted by atomic mass is 9.92. The number of hydrogen-bond donors (Lipinski definition) is 3. The largest absolute Gasteiger partial charge is 0.350 e. The highest BCUT2D eigenvalue weighted by atomic mass is 32.2. The number of halogens is 2. The number of nitrogens with zero attached hydrogens (tertiary/aromatic N) is 2. The molecule has 3 amide bonds. The van der Waals surface area contributed by atoms with Gasteiger partial charge < -0.3 is 16.4 Å². The first-order chi connectivity index (χ1) is 16.6. The van der Waals surface area contributed by atoms with Crippen LogP contribution in [-0.2, 0) is 14.8 Å². The first-order valence-electron chi connectivity index (χ1n) is 11.3. The number of sulfonamides is 1. The minimum atomic E-state index is -4.23. The lowest BCUT2D eigenvalue weighted by Crippen LogP contribution is -2.56. The van der Waals surface area contributed by atoms with E-state index in [1.807, 2.05) is 0 Å². The fourth-order valence-corrected chi connectivity index (χ4v) is 5.90. The molecule has 2 fully saturated rings. The summed E-state index contributed by atoms with van der Waals surface area (Å²) >= 11 is 0. The normalized spacial score (nSPS) is 23.2. The molecule has 4 rings (SSSR count). The van der Waals surface area contributed by atoms with Gasteiger partial charge in [0, 0.05) is 30.9 Å². The number of carbonyl (C=O) groups is 2. The Morgan fingerprint density at radius 2 is 1.46 bits per heavy atom. The number of amides is 3. The van der Waals surface area contributed by atoms with Crippen LogP contribution in [0.25, 0.3) is 0 Å². The molecule has 9 nitrogen and oxygen atoms in total. The van der Waals surface area contributed by atoms with Crippen molar-refractivity contribution in [1.29, 1.82) is 0 Å². The molecule has 0 radical (unpaired) electrons. The SMILES string of the molecule is NC1CCC(NC(=O)C2N(C(=O)Nc3ccc(F)cc3)CCN2S(=O)(=O)c2ccc(F)cc2)CC1. The van der Waals surface area contributed by atoms with Crippen molar-refractivity contribution in [1.82, 2.24) is 14.5 Å². The van der Waals surface area contributed by atoms with Crippen LogP contribution in [0.4, 0.5) is 19.3 Å². The lowest BCUT2D eigenvalue weighted by Gasteiger charge is -2.32. The number of rotatable bonds is 5. The summed E-state index contributed by atoms with van der Waals surface area (Å²) in [4.78, 5) is 27.4. The predicted octanol–water partition coefficient (Wildman–Crippen LogP) is 2.22. The molecule has 0 bridgehead atoms. The molecule has 12 heteroatoms. The standard InChI is InChI=1S/C23H27F2N5O4S/c24-15-1-7-19(8-2-15)28-23(32)29-13-14-30(35(33,34)20-11-3-16(25)4-12-20)22(29)21(31)27-18-9-5-17(26)6-10-18/h1-4,7-8,11-12,17-18,22H,5-6,9-10,13-14,26H2,(H,27,31)(H,28,32). The molecule has 2 aromatic rings. The van der Waals surface area contributed by atoms with E-state index in [0.29, 0.717) is 12.8 Å². The fraction of sp³-hybridized carbons (Fsp3) is 0.391. The van der Waals surface area contributed by atoms with Gasteiger partial charge in [0.2, 0.25) is 10.0 Å². The molecule has 2 aromatic carbocycles. The molecule has 1 aliphatic carbocycles. The fourth-order valence-electron chi connectivity index (χ4n) is 4.35. The van der Waals surface area contributed by atoms with E-state index >= 15 is 0 Å². The molecular formula is C23H27F2N5O4S. The van der Waals surface area contributed by atoms with Crippen molar-refractivity contribution in [2.24, 2.45) is 5.73 Å². The monoisotopic (exact) mass is 507 g/mol. The van der Waals surface area contributed by atoms with Crippen LogP contribution in [0.15, 0.2) is 53.4 Å². The Kier molecular flexibility index (Phi) is 7.33. The molecule has 0 aromatic heterocycles. The first-order valence-corrected chi connectivity index (χ1v) is 12.8. The maximum absolute atomic E-state index is 13.4. The minimum Gasteiger partial charge on any atom is -0.350 e. The number of anilines is 1. The van der Waals surface area contributed by atoms with Gasteiger partial charge in [0.25, 0.3) is 5.91 Å². The van der Waals surface area contributed by atoms with Crippen molar-refractivity contribution in [2.45, 2.75) is 48.8 Å². The number of nitrogens with two attached hydrogens (primary N) is 1. The van der Waals surface area contributed by atoms with Gasteiger partial charge in [-0.05, 0) is 74.2 Å². The molecule has 1 unspecified atom stereocenters. The van der Waals surface area contributed by atoms with Gasteiger partial charge in [0.15, 0.2) is 6.17 Å². The van der Waals surface area contributed by atoms with Crippen molar-refractivity contribution >= 4 is 27.6 Å². The van der Waals surface area contributed by atoms with E-state index in [2.05, 4.69) is 10.6 Å². The molecule has 1 atom stereocenters. The van der Waals surface area contributed by atoms with Gasteiger partial charge >= 0.3 is 6.03 Å². The maximum atomic E-state index is 13.4. The number of nitrogens with one attached hydrogen (secondary N) is 2. The zero-order valence-electron chi connectivity index (χ0n) is 18.9. The van der Waals surface area contributed by atoms with E-state index < -0.39 is 39.8 Å². The van der Waals surface area contributed by atoms with Gasteiger partial charge in [-0.3, -0.25) is 9.69 Å². The Hall–Kier alpha value is -3.09. The third-order valence-corrected chi connectivity index (χ3v) is 8.13. The molecule has 188 valence electrons. The van der Waals surface area contributed by atoms with Gasteiger partial charge in [0.05, 0.1) is 4.90 Å². The topological polar surface area (TPSA) is 125 Å². The van der Waals surface area contributed by atoms with Gasteiger partial charge in [0.1, 0.15) is 11.6 Å². The summed E-state index contributed by atoms with van der Waals surface area (Å²) in [5, 5.41) is 5.45. The average Bonchev–Trinajstić information content (AvgIpc) is 3.29. The van der Waals surface area contributed by atoms with Crippen LogP contribution in [0.1, 0.15) is 25.7 Å². The van der Waals surface area contributed by atoms with E-state index in [9.17, 15) is 26.8 Å². The molecule has 1 heterocycles. The first kappa shape index (κ1) is 25.0. The Labute approximate surface area is 202 Å².